The second-order valence-electron chi connectivity index (χ2n) is 3.64. The van der Waals surface area contributed by atoms with Crippen LogP contribution in [0.1, 0.15) is 18.9 Å². The third kappa shape index (κ3) is 3.58. The smallest absolute Gasteiger partial charge is 0.155 e. The predicted octanol–water partition coefficient (Wildman–Crippen LogP) is 2.74. The lowest BCUT2D eigenvalue weighted by Crippen LogP contribution is -2.07. The summed E-state index contributed by atoms with van der Waals surface area (Å²) in [7, 11) is 4.01. The lowest BCUT2D eigenvalue weighted by Gasteiger charge is -2.11. The van der Waals surface area contributed by atoms with Crippen LogP contribution >= 0.6 is 0 Å². The predicted molar refractivity (Wildman–Crippen MR) is 65.1 cm³/mol. The number of hydrogen-bond acceptors (Lipinski definition) is 2. The second-order valence-corrected chi connectivity index (χ2v) is 3.64. The molecule has 80 valence electrons. The summed E-state index contributed by atoms with van der Waals surface area (Å²) in [5.41, 5.74) is 2.22. The van der Waals surface area contributed by atoms with Crippen LogP contribution in [0.5, 0.6) is 0 Å². The summed E-state index contributed by atoms with van der Waals surface area (Å²) in [6.45, 7) is 1.86. The molecule has 15 heavy (non-hydrogen) atoms. The summed E-state index contributed by atoms with van der Waals surface area (Å²) < 4.78 is 0. The van der Waals surface area contributed by atoms with E-state index in [1.165, 1.54) is 0 Å². The van der Waals surface area contributed by atoms with Crippen LogP contribution in [0.15, 0.2) is 30.3 Å². The van der Waals surface area contributed by atoms with Gasteiger partial charge in [0.2, 0.25) is 0 Å². The summed E-state index contributed by atoms with van der Waals surface area (Å²) in [5, 5.41) is 0. The van der Waals surface area contributed by atoms with Crippen LogP contribution in [0, 0.1) is 0 Å². The Bertz CT molecular complexity index is 349. The zero-order valence-electron chi connectivity index (χ0n) is 9.53. The number of anilines is 1. The van der Waals surface area contributed by atoms with Crippen molar-refractivity contribution in [2.75, 3.05) is 19.0 Å². The molecule has 2 nitrogen and oxygen atoms in total. The third-order valence-electron chi connectivity index (χ3n) is 2.22. The molecule has 1 rings (SSSR count). The average molecular weight is 203 g/mol. The number of benzene rings is 1. The van der Waals surface area contributed by atoms with E-state index in [0.717, 1.165) is 11.3 Å². The lowest BCUT2D eigenvalue weighted by atomic mass is 10.1. The molecule has 0 radical (unpaired) electrons. The van der Waals surface area contributed by atoms with Crippen molar-refractivity contribution in [2.45, 2.75) is 13.3 Å². The van der Waals surface area contributed by atoms with Gasteiger partial charge in [-0.2, -0.15) is 0 Å². The van der Waals surface area contributed by atoms with Gasteiger partial charge in [0.1, 0.15) is 0 Å². The molecule has 0 N–H and O–H groups in total. The molecule has 0 aromatic heterocycles. The van der Waals surface area contributed by atoms with Gasteiger partial charge in [-0.3, -0.25) is 4.79 Å². The Kier molecular flexibility index (Phi) is 4.10. The van der Waals surface area contributed by atoms with E-state index in [2.05, 4.69) is 0 Å². The van der Waals surface area contributed by atoms with E-state index < -0.39 is 0 Å². The molecule has 0 unspecified atom stereocenters. The van der Waals surface area contributed by atoms with Gasteiger partial charge in [-0.25, -0.2) is 0 Å². The number of nitrogens with zero attached hydrogens (tertiary/aromatic N) is 1. The first-order chi connectivity index (χ1) is 7.13. The molecule has 0 fully saturated rings. The Balaban J connectivity index is 2.72. The van der Waals surface area contributed by atoms with E-state index in [-0.39, 0.29) is 5.78 Å². The molecule has 0 bridgehead atoms. The van der Waals surface area contributed by atoms with Crippen LogP contribution in [0.25, 0.3) is 6.08 Å². The van der Waals surface area contributed by atoms with Crippen LogP contribution in [0.3, 0.4) is 0 Å². The highest BCUT2D eigenvalue weighted by Gasteiger charge is 1.94. The second kappa shape index (κ2) is 5.35. The number of rotatable bonds is 4. The van der Waals surface area contributed by atoms with E-state index in [9.17, 15) is 4.79 Å². The van der Waals surface area contributed by atoms with Crippen molar-refractivity contribution in [2.24, 2.45) is 0 Å². The molecule has 0 aliphatic carbocycles. The van der Waals surface area contributed by atoms with Gasteiger partial charge < -0.3 is 4.90 Å². The molecule has 0 aliphatic heterocycles. The number of carbonyl (C=O) groups is 1. The molecular weight excluding hydrogens is 186 g/mol. The Morgan fingerprint density at radius 2 is 1.87 bits per heavy atom. The zero-order valence-corrected chi connectivity index (χ0v) is 9.53. The van der Waals surface area contributed by atoms with E-state index >= 15 is 0 Å². The number of allylic oxidation sites excluding steroid dienone is 1. The van der Waals surface area contributed by atoms with E-state index in [1.54, 1.807) is 6.08 Å². The fraction of sp³-hybridized carbons (Fsp3) is 0.308. The molecule has 2 heteroatoms. The minimum Gasteiger partial charge on any atom is -0.378 e. The number of ketones is 1. The maximum absolute atomic E-state index is 11.1. The first kappa shape index (κ1) is 11.5. The van der Waals surface area contributed by atoms with E-state index in [0.29, 0.717) is 6.42 Å². The molecule has 0 heterocycles. The Morgan fingerprint density at radius 3 is 2.33 bits per heavy atom. The fourth-order valence-corrected chi connectivity index (χ4v) is 1.19. The normalized spacial score (nSPS) is 10.6. The molecule has 0 amide bonds. The summed E-state index contributed by atoms with van der Waals surface area (Å²) in [5.74, 6) is 0.159. The number of carbonyl (C=O) groups excluding carboxylic acids is 1. The average Bonchev–Trinajstić information content (AvgIpc) is 2.26. The molecule has 1 aromatic carbocycles. The Labute approximate surface area is 91.2 Å². The maximum Gasteiger partial charge on any atom is 0.155 e. The maximum atomic E-state index is 11.1. The minimum atomic E-state index is 0.159. The highest BCUT2D eigenvalue weighted by molar-refractivity contribution is 5.93. The van der Waals surface area contributed by atoms with Crippen molar-refractivity contribution in [1.29, 1.82) is 0 Å². The van der Waals surface area contributed by atoms with Crippen molar-refractivity contribution in [3.05, 3.63) is 35.9 Å². The van der Waals surface area contributed by atoms with Gasteiger partial charge in [-0.1, -0.05) is 25.1 Å². The topological polar surface area (TPSA) is 20.3 Å². The zero-order chi connectivity index (χ0) is 11.3. The summed E-state index contributed by atoms with van der Waals surface area (Å²) >= 11 is 0. The largest absolute Gasteiger partial charge is 0.378 e. The SMILES string of the molecule is CCC(=O)/C=C/c1ccc(N(C)C)cc1. The van der Waals surface area contributed by atoms with Crippen LogP contribution < -0.4 is 4.90 Å². The van der Waals surface area contributed by atoms with Gasteiger partial charge in [0.15, 0.2) is 5.78 Å². The third-order valence-corrected chi connectivity index (χ3v) is 2.22. The molecule has 1 aromatic rings. The van der Waals surface area contributed by atoms with Crippen LogP contribution in [-0.2, 0) is 4.79 Å². The quantitative estimate of drug-likeness (QED) is 0.701. The van der Waals surface area contributed by atoms with E-state index in [1.807, 2.05) is 56.3 Å². The van der Waals surface area contributed by atoms with Gasteiger partial charge in [-0.15, -0.1) is 0 Å². The number of hydrogen-bond donors (Lipinski definition) is 0. The molecule has 0 saturated carbocycles. The Morgan fingerprint density at radius 1 is 1.27 bits per heavy atom. The van der Waals surface area contributed by atoms with Gasteiger partial charge in [0.25, 0.3) is 0 Å². The van der Waals surface area contributed by atoms with Crippen molar-refractivity contribution in [3.63, 3.8) is 0 Å². The van der Waals surface area contributed by atoms with E-state index in [4.69, 9.17) is 0 Å². The van der Waals surface area contributed by atoms with Crippen LogP contribution in [-0.4, -0.2) is 19.9 Å². The van der Waals surface area contributed by atoms with Crippen molar-refractivity contribution >= 4 is 17.5 Å². The van der Waals surface area contributed by atoms with Gasteiger partial charge in [-0.05, 0) is 23.8 Å². The monoisotopic (exact) mass is 203 g/mol. The summed E-state index contributed by atoms with van der Waals surface area (Å²) in [6, 6.07) is 8.09. The molecule has 0 aliphatic rings. The molecular formula is C13H17NO. The minimum absolute atomic E-state index is 0.159. The molecule has 0 spiro atoms. The van der Waals surface area contributed by atoms with Crippen molar-refractivity contribution < 1.29 is 4.79 Å². The molecule has 0 saturated heterocycles. The van der Waals surface area contributed by atoms with Crippen molar-refractivity contribution in [1.82, 2.24) is 0 Å². The lowest BCUT2D eigenvalue weighted by molar-refractivity contribution is -0.114. The Hall–Kier alpha value is -1.57. The molecule has 0 atom stereocenters. The van der Waals surface area contributed by atoms with Gasteiger partial charge >= 0.3 is 0 Å². The summed E-state index contributed by atoms with van der Waals surface area (Å²) in [6.07, 6.45) is 4.04. The van der Waals surface area contributed by atoms with Crippen molar-refractivity contribution in [3.8, 4) is 0 Å². The van der Waals surface area contributed by atoms with Gasteiger partial charge in [0.05, 0.1) is 0 Å². The van der Waals surface area contributed by atoms with Gasteiger partial charge in [0, 0.05) is 26.2 Å². The fourth-order valence-electron chi connectivity index (χ4n) is 1.19. The first-order valence-electron chi connectivity index (χ1n) is 5.11. The van der Waals surface area contributed by atoms with Crippen LogP contribution in [0.4, 0.5) is 5.69 Å². The summed E-state index contributed by atoms with van der Waals surface area (Å²) in [4.78, 5) is 13.1. The highest BCUT2D eigenvalue weighted by Crippen LogP contribution is 2.13. The first-order valence-corrected chi connectivity index (χ1v) is 5.11. The standard InChI is InChI=1S/C13H17NO/c1-4-13(15)10-7-11-5-8-12(9-6-11)14(2)3/h5-10H,4H2,1-3H3/b10-7+. The highest BCUT2D eigenvalue weighted by atomic mass is 16.1. The van der Waals surface area contributed by atoms with Crippen LogP contribution in [0.2, 0.25) is 0 Å².